The zero-order valence-electron chi connectivity index (χ0n) is 15.1. The third kappa shape index (κ3) is 3.88. The fourth-order valence-electron chi connectivity index (χ4n) is 3.15. The minimum atomic E-state index is -0.316. The number of carbonyl (C=O) groups is 1. The first-order valence-corrected chi connectivity index (χ1v) is 9.90. The minimum Gasteiger partial charge on any atom is -0.345 e. The topological polar surface area (TPSA) is 48.5 Å². The highest BCUT2D eigenvalue weighted by Gasteiger charge is 2.23. The lowest BCUT2D eigenvalue weighted by atomic mass is 10.2. The number of thiazole rings is 1. The molecule has 27 heavy (non-hydrogen) atoms. The molecule has 2 aromatic carbocycles. The van der Waals surface area contributed by atoms with Crippen LogP contribution in [0.15, 0.2) is 42.5 Å². The van der Waals surface area contributed by atoms with Gasteiger partial charge in [-0.25, -0.2) is 14.2 Å². The van der Waals surface area contributed by atoms with Crippen molar-refractivity contribution in [2.24, 2.45) is 0 Å². The largest absolute Gasteiger partial charge is 0.345 e. The van der Waals surface area contributed by atoms with E-state index in [1.54, 1.807) is 28.4 Å². The normalized spacial score (nSPS) is 14.6. The fourth-order valence-corrected chi connectivity index (χ4v) is 4.23. The van der Waals surface area contributed by atoms with Gasteiger partial charge in [-0.1, -0.05) is 24.3 Å². The maximum atomic E-state index is 13.0. The average Bonchev–Trinajstić information content (AvgIpc) is 3.13. The van der Waals surface area contributed by atoms with Gasteiger partial charge >= 0.3 is 6.03 Å². The van der Waals surface area contributed by atoms with E-state index in [1.165, 1.54) is 22.4 Å². The van der Waals surface area contributed by atoms with Crippen molar-refractivity contribution in [1.29, 1.82) is 0 Å². The van der Waals surface area contributed by atoms with Gasteiger partial charge in [0.25, 0.3) is 0 Å². The molecule has 0 unspecified atom stereocenters. The van der Waals surface area contributed by atoms with Gasteiger partial charge in [0.2, 0.25) is 0 Å². The Balaban J connectivity index is 1.38. The quantitative estimate of drug-likeness (QED) is 0.730. The Morgan fingerprint density at radius 2 is 1.89 bits per heavy atom. The minimum absolute atomic E-state index is 0.154. The van der Waals surface area contributed by atoms with Crippen molar-refractivity contribution >= 4 is 38.4 Å². The Labute approximate surface area is 161 Å². The molecule has 0 bridgehead atoms. The molecule has 1 saturated heterocycles. The van der Waals surface area contributed by atoms with Gasteiger partial charge in [0.1, 0.15) is 5.82 Å². The van der Waals surface area contributed by atoms with Crippen molar-refractivity contribution in [3.63, 3.8) is 0 Å². The number of nitrogens with zero attached hydrogens (tertiary/aromatic N) is 3. The number of aryl methyl sites for hydroxylation is 1. The van der Waals surface area contributed by atoms with Gasteiger partial charge in [0, 0.05) is 31.9 Å². The first kappa shape index (κ1) is 17.7. The summed E-state index contributed by atoms with van der Waals surface area (Å²) in [6.45, 7) is 4.90. The first-order valence-electron chi connectivity index (χ1n) is 9.08. The highest BCUT2D eigenvalue weighted by atomic mass is 32.1. The van der Waals surface area contributed by atoms with Crippen molar-refractivity contribution in [1.82, 2.24) is 9.88 Å². The van der Waals surface area contributed by atoms with Crippen LogP contribution in [0.25, 0.3) is 10.2 Å². The Morgan fingerprint density at radius 1 is 1.15 bits per heavy atom. The molecule has 0 saturated carbocycles. The molecule has 3 aromatic rings. The number of carbonyl (C=O) groups excluding carboxylic acids is 1. The summed E-state index contributed by atoms with van der Waals surface area (Å²) in [5.41, 5.74) is 2.95. The number of piperazine rings is 1. The maximum absolute atomic E-state index is 13.0. The van der Waals surface area contributed by atoms with Crippen molar-refractivity contribution in [2.75, 3.05) is 36.4 Å². The zero-order chi connectivity index (χ0) is 18.8. The molecular formula is C20H21FN4OS. The molecule has 140 valence electrons. The van der Waals surface area contributed by atoms with E-state index in [0.717, 1.165) is 30.2 Å². The Hall–Kier alpha value is -2.67. The van der Waals surface area contributed by atoms with Crippen LogP contribution in [0.5, 0.6) is 0 Å². The van der Waals surface area contributed by atoms with E-state index in [-0.39, 0.29) is 11.8 Å². The lowest BCUT2D eigenvalue weighted by Crippen LogP contribution is -2.50. The number of halogens is 1. The molecule has 2 amide bonds. The van der Waals surface area contributed by atoms with Crippen LogP contribution in [0, 0.1) is 5.82 Å². The molecule has 0 aliphatic carbocycles. The van der Waals surface area contributed by atoms with E-state index in [0.29, 0.717) is 18.8 Å². The second kappa shape index (κ2) is 7.52. The van der Waals surface area contributed by atoms with E-state index < -0.39 is 0 Å². The summed E-state index contributed by atoms with van der Waals surface area (Å²) in [6, 6.07) is 12.1. The summed E-state index contributed by atoms with van der Waals surface area (Å²) in [7, 11) is 0. The molecule has 1 aromatic heterocycles. The van der Waals surface area contributed by atoms with Gasteiger partial charge in [-0.3, -0.25) is 0 Å². The van der Waals surface area contributed by atoms with Crippen LogP contribution >= 0.6 is 11.3 Å². The first-order chi connectivity index (χ1) is 13.1. The second-order valence-corrected chi connectivity index (χ2v) is 7.57. The molecule has 1 fully saturated rings. The molecule has 1 aliphatic heterocycles. The third-order valence-electron chi connectivity index (χ3n) is 4.78. The van der Waals surface area contributed by atoms with Gasteiger partial charge in [-0.15, -0.1) is 0 Å². The standard InChI is InChI=1S/C20H21FN4OS/c1-2-14-3-8-17-18(13-14)27-20(23-17)25-11-9-24(10-12-25)19(26)22-16-6-4-15(21)5-7-16/h3-8,13H,2,9-12H2,1H3,(H,22,26). The lowest BCUT2D eigenvalue weighted by molar-refractivity contribution is 0.208. The predicted molar refractivity (Wildman–Crippen MR) is 108 cm³/mol. The smallest absolute Gasteiger partial charge is 0.321 e. The van der Waals surface area contributed by atoms with Crippen LogP contribution in [-0.2, 0) is 6.42 Å². The number of urea groups is 1. The van der Waals surface area contributed by atoms with E-state index in [1.807, 2.05) is 0 Å². The van der Waals surface area contributed by atoms with Gasteiger partial charge in [-0.05, 0) is 48.4 Å². The molecular weight excluding hydrogens is 363 g/mol. The van der Waals surface area contributed by atoms with Crippen molar-refractivity contribution in [3.05, 3.63) is 53.8 Å². The number of rotatable bonds is 3. The zero-order valence-corrected chi connectivity index (χ0v) is 15.9. The summed E-state index contributed by atoms with van der Waals surface area (Å²) in [5.74, 6) is -0.316. The highest BCUT2D eigenvalue weighted by Crippen LogP contribution is 2.30. The summed E-state index contributed by atoms with van der Waals surface area (Å²) < 4.78 is 14.2. The summed E-state index contributed by atoms with van der Waals surface area (Å²) in [6.07, 6.45) is 1.02. The number of fused-ring (bicyclic) bond motifs is 1. The Kier molecular flexibility index (Phi) is 4.94. The van der Waals surface area contributed by atoms with Crippen molar-refractivity contribution < 1.29 is 9.18 Å². The summed E-state index contributed by atoms with van der Waals surface area (Å²) >= 11 is 1.71. The molecule has 2 heterocycles. The van der Waals surface area contributed by atoms with Crippen LogP contribution in [0.4, 0.5) is 20.0 Å². The Morgan fingerprint density at radius 3 is 2.59 bits per heavy atom. The third-order valence-corrected chi connectivity index (χ3v) is 5.86. The number of nitrogens with one attached hydrogen (secondary N) is 1. The summed E-state index contributed by atoms with van der Waals surface area (Å²) in [4.78, 5) is 21.2. The number of hydrogen-bond donors (Lipinski definition) is 1. The lowest BCUT2D eigenvalue weighted by Gasteiger charge is -2.34. The van der Waals surface area contributed by atoms with E-state index >= 15 is 0 Å². The second-order valence-electron chi connectivity index (χ2n) is 6.56. The van der Waals surface area contributed by atoms with E-state index in [4.69, 9.17) is 4.98 Å². The molecule has 1 aliphatic rings. The molecule has 0 spiro atoms. The number of benzene rings is 2. The number of amides is 2. The van der Waals surface area contributed by atoms with Crippen LogP contribution in [0.3, 0.4) is 0 Å². The van der Waals surface area contributed by atoms with Crippen LogP contribution in [-0.4, -0.2) is 42.1 Å². The number of hydrogen-bond acceptors (Lipinski definition) is 4. The monoisotopic (exact) mass is 384 g/mol. The van der Waals surface area contributed by atoms with E-state index in [2.05, 4.69) is 35.3 Å². The van der Waals surface area contributed by atoms with Crippen LogP contribution in [0.1, 0.15) is 12.5 Å². The number of aromatic nitrogens is 1. The maximum Gasteiger partial charge on any atom is 0.321 e. The molecule has 4 rings (SSSR count). The van der Waals surface area contributed by atoms with Crippen LogP contribution < -0.4 is 10.2 Å². The van der Waals surface area contributed by atoms with Crippen molar-refractivity contribution in [3.8, 4) is 0 Å². The van der Waals surface area contributed by atoms with Crippen molar-refractivity contribution in [2.45, 2.75) is 13.3 Å². The molecule has 0 radical (unpaired) electrons. The van der Waals surface area contributed by atoms with Gasteiger partial charge in [-0.2, -0.15) is 0 Å². The molecule has 7 heteroatoms. The van der Waals surface area contributed by atoms with Crippen LogP contribution in [0.2, 0.25) is 0 Å². The molecule has 0 atom stereocenters. The Bertz CT molecular complexity index is 948. The summed E-state index contributed by atoms with van der Waals surface area (Å²) in [5, 5.41) is 3.83. The highest BCUT2D eigenvalue weighted by molar-refractivity contribution is 7.22. The number of anilines is 2. The molecule has 1 N–H and O–H groups in total. The van der Waals surface area contributed by atoms with Gasteiger partial charge < -0.3 is 15.1 Å². The molecule has 5 nitrogen and oxygen atoms in total. The SMILES string of the molecule is CCc1ccc2nc(N3CCN(C(=O)Nc4ccc(F)cc4)CC3)sc2c1. The van der Waals surface area contributed by atoms with Gasteiger partial charge in [0.05, 0.1) is 10.2 Å². The fraction of sp³-hybridized carbons (Fsp3) is 0.300. The van der Waals surface area contributed by atoms with E-state index in [9.17, 15) is 9.18 Å². The predicted octanol–water partition coefficient (Wildman–Crippen LogP) is 4.35. The average molecular weight is 384 g/mol. The van der Waals surface area contributed by atoms with Gasteiger partial charge in [0.15, 0.2) is 5.13 Å².